The number of carbonyl (C=O) groups is 1. The fourth-order valence-corrected chi connectivity index (χ4v) is 2.80. The molecule has 1 unspecified atom stereocenters. The Morgan fingerprint density at radius 1 is 1.35 bits per heavy atom. The summed E-state index contributed by atoms with van der Waals surface area (Å²) in [6, 6.07) is 6.15. The molecular formula is C16H25BrN2O. The first-order chi connectivity index (χ1) is 9.31. The van der Waals surface area contributed by atoms with Crippen LogP contribution < -0.4 is 5.32 Å². The van der Waals surface area contributed by atoms with Crippen LogP contribution in [-0.2, 0) is 0 Å². The van der Waals surface area contributed by atoms with Gasteiger partial charge in [0.25, 0.3) is 5.91 Å². The number of halogens is 1. The van der Waals surface area contributed by atoms with Crippen LogP contribution in [0.5, 0.6) is 0 Å². The van der Waals surface area contributed by atoms with Crippen molar-refractivity contribution in [2.24, 2.45) is 5.92 Å². The van der Waals surface area contributed by atoms with E-state index in [0.29, 0.717) is 24.1 Å². The van der Waals surface area contributed by atoms with Crippen molar-refractivity contribution in [3.8, 4) is 0 Å². The molecule has 0 aliphatic rings. The largest absolute Gasteiger partial charge is 0.350 e. The maximum atomic E-state index is 12.2. The lowest BCUT2D eigenvalue weighted by molar-refractivity contribution is 0.0937. The molecule has 0 aliphatic carbocycles. The van der Waals surface area contributed by atoms with Gasteiger partial charge in [-0.2, -0.15) is 0 Å². The highest BCUT2D eigenvalue weighted by Gasteiger charge is 2.16. The predicted octanol–water partition coefficient (Wildman–Crippen LogP) is 3.46. The van der Waals surface area contributed by atoms with E-state index < -0.39 is 0 Å². The topological polar surface area (TPSA) is 32.3 Å². The first-order valence-corrected chi connectivity index (χ1v) is 7.81. The zero-order valence-corrected chi connectivity index (χ0v) is 14.6. The van der Waals surface area contributed by atoms with Crippen LogP contribution in [-0.4, -0.2) is 37.5 Å². The van der Waals surface area contributed by atoms with E-state index >= 15 is 0 Å². The molecule has 3 nitrogen and oxygen atoms in total. The molecule has 1 atom stereocenters. The van der Waals surface area contributed by atoms with E-state index in [1.165, 1.54) is 0 Å². The van der Waals surface area contributed by atoms with Crippen molar-refractivity contribution in [3.05, 3.63) is 33.8 Å². The SMILES string of the molecule is Cc1ccc(C(=O)NCC(CC(C)C)N(C)C)c(Br)c1. The maximum Gasteiger partial charge on any atom is 0.252 e. The van der Waals surface area contributed by atoms with Crippen LogP contribution in [0.25, 0.3) is 0 Å². The van der Waals surface area contributed by atoms with Gasteiger partial charge in [0, 0.05) is 17.1 Å². The zero-order chi connectivity index (χ0) is 15.3. The van der Waals surface area contributed by atoms with Gasteiger partial charge in [0.1, 0.15) is 0 Å². The van der Waals surface area contributed by atoms with Crippen LogP contribution in [0.4, 0.5) is 0 Å². The number of hydrogen-bond acceptors (Lipinski definition) is 2. The third kappa shape index (κ3) is 5.25. The number of carbonyl (C=O) groups excluding carboxylic acids is 1. The summed E-state index contributed by atoms with van der Waals surface area (Å²) in [5, 5.41) is 3.04. The van der Waals surface area contributed by atoms with Crippen molar-refractivity contribution in [1.29, 1.82) is 0 Å². The van der Waals surface area contributed by atoms with Crippen LogP contribution in [0.15, 0.2) is 22.7 Å². The zero-order valence-electron chi connectivity index (χ0n) is 13.0. The van der Waals surface area contributed by atoms with Crippen molar-refractivity contribution in [2.75, 3.05) is 20.6 Å². The van der Waals surface area contributed by atoms with Crippen molar-refractivity contribution in [2.45, 2.75) is 33.2 Å². The van der Waals surface area contributed by atoms with Gasteiger partial charge < -0.3 is 10.2 Å². The van der Waals surface area contributed by atoms with Gasteiger partial charge >= 0.3 is 0 Å². The monoisotopic (exact) mass is 340 g/mol. The second-order valence-corrected chi connectivity index (χ2v) is 6.79. The molecule has 1 rings (SSSR count). The molecule has 20 heavy (non-hydrogen) atoms. The normalized spacial score (nSPS) is 12.8. The van der Waals surface area contributed by atoms with E-state index in [1.54, 1.807) is 0 Å². The van der Waals surface area contributed by atoms with Crippen molar-refractivity contribution >= 4 is 21.8 Å². The van der Waals surface area contributed by atoms with Crippen LogP contribution >= 0.6 is 15.9 Å². The molecular weight excluding hydrogens is 316 g/mol. The summed E-state index contributed by atoms with van der Waals surface area (Å²) in [5.74, 6) is 0.595. The van der Waals surface area contributed by atoms with Gasteiger partial charge in [0.2, 0.25) is 0 Å². The second-order valence-electron chi connectivity index (χ2n) is 5.94. The first kappa shape index (κ1) is 17.2. The lowest BCUT2D eigenvalue weighted by Crippen LogP contribution is -2.41. The number of nitrogens with zero attached hydrogens (tertiary/aromatic N) is 1. The van der Waals surface area contributed by atoms with Gasteiger partial charge in [-0.15, -0.1) is 0 Å². The Balaban J connectivity index is 2.65. The minimum atomic E-state index is -0.0209. The molecule has 1 amide bonds. The van der Waals surface area contributed by atoms with Gasteiger partial charge in [-0.1, -0.05) is 19.9 Å². The molecule has 0 aliphatic heterocycles. The Bertz CT molecular complexity index is 458. The van der Waals surface area contributed by atoms with Gasteiger partial charge in [-0.3, -0.25) is 4.79 Å². The summed E-state index contributed by atoms with van der Waals surface area (Å²) < 4.78 is 0.847. The lowest BCUT2D eigenvalue weighted by atomic mass is 10.0. The summed E-state index contributed by atoms with van der Waals surface area (Å²) in [6.45, 7) is 7.09. The number of nitrogens with one attached hydrogen (secondary N) is 1. The number of rotatable bonds is 6. The molecule has 0 saturated carbocycles. The van der Waals surface area contributed by atoms with Gasteiger partial charge in [-0.05, 0) is 67.0 Å². The van der Waals surface area contributed by atoms with Crippen molar-refractivity contribution in [3.63, 3.8) is 0 Å². The minimum absolute atomic E-state index is 0.0209. The second kappa shape index (κ2) is 7.79. The molecule has 1 N–H and O–H groups in total. The highest BCUT2D eigenvalue weighted by molar-refractivity contribution is 9.10. The number of likely N-dealkylation sites (N-methyl/N-ethyl adjacent to an activating group) is 1. The van der Waals surface area contributed by atoms with Crippen molar-refractivity contribution < 1.29 is 4.79 Å². The van der Waals surface area contributed by atoms with Crippen LogP contribution in [0.1, 0.15) is 36.2 Å². The van der Waals surface area contributed by atoms with Crippen LogP contribution in [0.2, 0.25) is 0 Å². The van der Waals surface area contributed by atoms with E-state index in [-0.39, 0.29) is 5.91 Å². The Hall–Kier alpha value is -0.870. The fraction of sp³-hybridized carbons (Fsp3) is 0.562. The summed E-state index contributed by atoms with van der Waals surface area (Å²) in [4.78, 5) is 14.4. The van der Waals surface area contributed by atoms with Crippen LogP contribution in [0.3, 0.4) is 0 Å². The Labute approximate surface area is 130 Å². The number of hydrogen-bond donors (Lipinski definition) is 1. The van der Waals surface area contributed by atoms with Gasteiger partial charge in [0.15, 0.2) is 0 Å². The Morgan fingerprint density at radius 3 is 2.50 bits per heavy atom. The minimum Gasteiger partial charge on any atom is -0.350 e. The van der Waals surface area contributed by atoms with E-state index in [9.17, 15) is 4.79 Å². The van der Waals surface area contributed by atoms with E-state index in [0.717, 1.165) is 16.5 Å². The Kier molecular flexibility index (Phi) is 6.69. The summed E-state index contributed by atoms with van der Waals surface area (Å²) >= 11 is 3.45. The summed E-state index contributed by atoms with van der Waals surface area (Å²) in [5.41, 5.74) is 1.83. The number of aryl methyl sites for hydroxylation is 1. The van der Waals surface area contributed by atoms with Crippen LogP contribution in [0, 0.1) is 12.8 Å². The molecule has 112 valence electrons. The van der Waals surface area contributed by atoms with Gasteiger partial charge in [0.05, 0.1) is 5.56 Å². The molecule has 0 heterocycles. The standard InChI is InChI=1S/C16H25BrN2O/c1-11(2)8-13(19(4)5)10-18-16(20)14-7-6-12(3)9-15(14)17/h6-7,9,11,13H,8,10H2,1-5H3,(H,18,20). The molecule has 0 fully saturated rings. The predicted molar refractivity (Wildman–Crippen MR) is 88.1 cm³/mol. The van der Waals surface area contributed by atoms with Crippen molar-refractivity contribution in [1.82, 2.24) is 10.2 Å². The smallest absolute Gasteiger partial charge is 0.252 e. The average molecular weight is 341 g/mol. The van der Waals surface area contributed by atoms with E-state index in [2.05, 4.69) is 54.1 Å². The maximum absolute atomic E-state index is 12.2. The molecule has 0 bridgehead atoms. The third-order valence-electron chi connectivity index (χ3n) is 3.34. The Morgan fingerprint density at radius 2 is 2.00 bits per heavy atom. The summed E-state index contributed by atoms with van der Waals surface area (Å²) in [6.07, 6.45) is 1.07. The fourth-order valence-electron chi connectivity index (χ4n) is 2.13. The van der Waals surface area contributed by atoms with E-state index in [1.807, 2.05) is 25.1 Å². The highest BCUT2D eigenvalue weighted by atomic mass is 79.9. The molecule has 1 aromatic carbocycles. The third-order valence-corrected chi connectivity index (χ3v) is 4.00. The van der Waals surface area contributed by atoms with E-state index in [4.69, 9.17) is 0 Å². The van der Waals surface area contributed by atoms with Gasteiger partial charge in [-0.25, -0.2) is 0 Å². The molecule has 1 aromatic rings. The lowest BCUT2D eigenvalue weighted by Gasteiger charge is -2.26. The first-order valence-electron chi connectivity index (χ1n) is 7.02. The molecule has 0 saturated heterocycles. The molecule has 0 aromatic heterocycles. The number of benzene rings is 1. The molecule has 0 radical (unpaired) electrons. The molecule has 4 heteroatoms. The quantitative estimate of drug-likeness (QED) is 0.859. The molecule has 0 spiro atoms. The number of amides is 1. The highest BCUT2D eigenvalue weighted by Crippen LogP contribution is 2.18. The summed E-state index contributed by atoms with van der Waals surface area (Å²) in [7, 11) is 4.11. The average Bonchev–Trinajstić information content (AvgIpc) is 2.33.